The lowest BCUT2D eigenvalue weighted by atomic mass is 10.2. The van der Waals surface area contributed by atoms with E-state index in [4.69, 9.17) is 5.73 Å². The van der Waals surface area contributed by atoms with Crippen molar-refractivity contribution >= 4 is 28.2 Å². The second-order valence-corrected chi connectivity index (χ2v) is 4.71. The molecule has 112 valence electrons. The van der Waals surface area contributed by atoms with Gasteiger partial charge < -0.3 is 15.6 Å². The summed E-state index contributed by atoms with van der Waals surface area (Å²) in [5.74, 6) is -0.0112. The first-order valence-corrected chi connectivity index (χ1v) is 6.69. The van der Waals surface area contributed by atoms with Gasteiger partial charge in [-0.15, -0.1) is 0 Å². The van der Waals surface area contributed by atoms with Crippen LogP contribution in [0.5, 0.6) is 0 Å². The summed E-state index contributed by atoms with van der Waals surface area (Å²) in [4.78, 5) is 18.0. The standard InChI is InChI=1S/C14H14N6O2/c15-13-12(20(21)22)14(18-9-17-13)16-6-8-19-7-5-10-3-1-2-4-11(10)19/h1-5,7,9H,6,8H2,(H3,15,16,17,18). The SMILES string of the molecule is Nc1ncnc(NCCn2ccc3ccccc32)c1[N+](=O)[O-]. The first-order chi connectivity index (χ1) is 10.7. The molecule has 0 bridgehead atoms. The molecule has 0 saturated carbocycles. The van der Waals surface area contributed by atoms with E-state index in [2.05, 4.69) is 19.9 Å². The minimum absolute atomic E-state index is 0.133. The third kappa shape index (κ3) is 2.53. The highest BCUT2D eigenvalue weighted by Gasteiger charge is 2.20. The Balaban J connectivity index is 1.74. The van der Waals surface area contributed by atoms with Gasteiger partial charge in [0.2, 0.25) is 11.6 Å². The van der Waals surface area contributed by atoms with Crippen LogP contribution in [0.2, 0.25) is 0 Å². The van der Waals surface area contributed by atoms with Crippen LogP contribution in [0.3, 0.4) is 0 Å². The molecule has 0 spiro atoms. The first kappa shape index (κ1) is 13.8. The van der Waals surface area contributed by atoms with E-state index >= 15 is 0 Å². The summed E-state index contributed by atoms with van der Waals surface area (Å²) in [7, 11) is 0. The summed E-state index contributed by atoms with van der Waals surface area (Å²) in [6, 6.07) is 10.1. The Morgan fingerprint density at radius 1 is 1.27 bits per heavy atom. The fourth-order valence-electron chi connectivity index (χ4n) is 2.33. The molecule has 0 fully saturated rings. The highest BCUT2D eigenvalue weighted by Crippen LogP contribution is 2.26. The zero-order chi connectivity index (χ0) is 15.5. The van der Waals surface area contributed by atoms with Crippen LogP contribution in [0.1, 0.15) is 0 Å². The van der Waals surface area contributed by atoms with Gasteiger partial charge in [-0.1, -0.05) is 18.2 Å². The van der Waals surface area contributed by atoms with E-state index in [1.165, 1.54) is 6.33 Å². The van der Waals surface area contributed by atoms with E-state index in [1.807, 2.05) is 36.5 Å². The topological polar surface area (TPSA) is 112 Å². The first-order valence-electron chi connectivity index (χ1n) is 6.69. The van der Waals surface area contributed by atoms with Gasteiger partial charge in [0.05, 0.1) is 4.92 Å². The average Bonchev–Trinajstić information content (AvgIpc) is 2.90. The zero-order valence-corrected chi connectivity index (χ0v) is 11.6. The predicted octanol–water partition coefficient (Wildman–Crippen LogP) is 2.03. The molecule has 2 heterocycles. The number of benzene rings is 1. The Morgan fingerprint density at radius 2 is 2.09 bits per heavy atom. The minimum Gasteiger partial charge on any atom is -0.378 e. The number of aromatic nitrogens is 3. The molecule has 3 rings (SSSR count). The van der Waals surface area contributed by atoms with Crippen LogP contribution in [0.4, 0.5) is 17.3 Å². The summed E-state index contributed by atoms with van der Waals surface area (Å²) in [5.41, 5.74) is 6.35. The van der Waals surface area contributed by atoms with Crippen molar-refractivity contribution in [3.05, 3.63) is 53.0 Å². The van der Waals surface area contributed by atoms with Gasteiger partial charge in [-0.25, -0.2) is 9.97 Å². The van der Waals surface area contributed by atoms with Crippen molar-refractivity contribution in [3.63, 3.8) is 0 Å². The third-order valence-electron chi connectivity index (χ3n) is 3.36. The normalized spacial score (nSPS) is 10.7. The summed E-state index contributed by atoms with van der Waals surface area (Å²) in [6.07, 6.45) is 3.19. The molecule has 0 saturated heterocycles. The molecule has 22 heavy (non-hydrogen) atoms. The molecule has 0 amide bonds. The molecule has 0 radical (unpaired) electrons. The van der Waals surface area contributed by atoms with Crippen LogP contribution in [0, 0.1) is 10.1 Å². The quantitative estimate of drug-likeness (QED) is 0.550. The number of anilines is 2. The van der Waals surface area contributed by atoms with Crippen LogP contribution in [0.25, 0.3) is 10.9 Å². The molecule has 0 atom stereocenters. The molecule has 0 aliphatic rings. The number of nitrogens with two attached hydrogens (primary N) is 1. The Bertz CT molecular complexity index is 829. The fourth-order valence-corrected chi connectivity index (χ4v) is 2.33. The van der Waals surface area contributed by atoms with Gasteiger partial charge in [-0.2, -0.15) is 0 Å². The van der Waals surface area contributed by atoms with Gasteiger partial charge >= 0.3 is 5.69 Å². The van der Waals surface area contributed by atoms with Gasteiger partial charge in [0.15, 0.2) is 0 Å². The highest BCUT2D eigenvalue weighted by molar-refractivity contribution is 5.79. The van der Waals surface area contributed by atoms with Crippen LogP contribution >= 0.6 is 0 Å². The van der Waals surface area contributed by atoms with Crippen LogP contribution in [-0.4, -0.2) is 26.0 Å². The number of nitrogen functional groups attached to an aromatic ring is 1. The number of para-hydroxylation sites is 1. The summed E-state index contributed by atoms with van der Waals surface area (Å²) in [6.45, 7) is 1.13. The lowest BCUT2D eigenvalue weighted by Crippen LogP contribution is -2.13. The maximum Gasteiger partial charge on any atom is 0.352 e. The maximum absolute atomic E-state index is 11.0. The molecule has 8 heteroatoms. The van der Waals surface area contributed by atoms with Crippen molar-refractivity contribution in [3.8, 4) is 0 Å². The largest absolute Gasteiger partial charge is 0.378 e. The number of nitrogens with one attached hydrogen (secondary N) is 1. The van der Waals surface area contributed by atoms with Crippen LogP contribution in [0.15, 0.2) is 42.9 Å². The molecule has 3 aromatic rings. The van der Waals surface area contributed by atoms with Crippen molar-refractivity contribution in [2.75, 3.05) is 17.6 Å². The summed E-state index contributed by atoms with van der Waals surface area (Å²) >= 11 is 0. The molecule has 0 aliphatic carbocycles. The third-order valence-corrected chi connectivity index (χ3v) is 3.36. The number of hydrogen-bond donors (Lipinski definition) is 2. The second kappa shape index (κ2) is 5.68. The number of nitrogens with zero attached hydrogens (tertiary/aromatic N) is 4. The summed E-state index contributed by atoms with van der Waals surface area (Å²) in [5, 5.41) is 15.1. The highest BCUT2D eigenvalue weighted by atomic mass is 16.6. The van der Waals surface area contributed by atoms with Crippen molar-refractivity contribution in [1.29, 1.82) is 0 Å². The van der Waals surface area contributed by atoms with Crippen molar-refractivity contribution in [2.45, 2.75) is 6.54 Å². The van der Waals surface area contributed by atoms with Crippen molar-refractivity contribution < 1.29 is 4.92 Å². The van der Waals surface area contributed by atoms with Crippen LogP contribution < -0.4 is 11.1 Å². The van der Waals surface area contributed by atoms with E-state index in [1.54, 1.807) is 0 Å². The second-order valence-electron chi connectivity index (χ2n) is 4.71. The average molecular weight is 298 g/mol. The molecule has 8 nitrogen and oxygen atoms in total. The smallest absolute Gasteiger partial charge is 0.352 e. The molecule has 0 unspecified atom stereocenters. The lowest BCUT2D eigenvalue weighted by Gasteiger charge is -2.08. The number of hydrogen-bond acceptors (Lipinski definition) is 6. The Morgan fingerprint density at radius 3 is 2.91 bits per heavy atom. The van der Waals surface area contributed by atoms with E-state index in [-0.39, 0.29) is 17.3 Å². The number of nitro groups is 1. The molecular weight excluding hydrogens is 284 g/mol. The van der Waals surface area contributed by atoms with Gasteiger partial charge in [-0.05, 0) is 17.5 Å². The van der Waals surface area contributed by atoms with Gasteiger partial charge in [-0.3, -0.25) is 10.1 Å². The zero-order valence-electron chi connectivity index (χ0n) is 11.6. The Hall–Kier alpha value is -3.16. The Kier molecular flexibility index (Phi) is 3.57. The molecule has 1 aromatic carbocycles. The monoisotopic (exact) mass is 298 g/mol. The van der Waals surface area contributed by atoms with Gasteiger partial charge in [0.25, 0.3) is 0 Å². The van der Waals surface area contributed by atoms with E-state index in [0.29, 0.717) is 13.1 Å². The van der Waals surface area contributed by atoms with E-state index < -0.39 is 4.92 Å². The Labute approximate surface area is 125 Å². The van der Waals surface area contributed by atoms with Gasteiger partial charge in [0, 0.05) is 24.8 Å². The van der Waals surface area contributed by atoms with E-state index in [9.17, 15) is 10.1 Å². The molecular formula is C14H14N6O2. The molecule has 2 aromatic heterocycles. The van der Waals surface area contributed by atoms with Gasteiger partial charge in [0.1, 0.15) is 6.33 Å². The molecule has 3 N–H and O–H groups in total. The van der Waals surface area contributed by atoms with Crippen molar-refractivity contribution in [1.82, 2.24) is 14.5 Å². The maximum atomic E-state index is 11.0. The van der Waals surface area contributed by atoms with Crippen LogP contribution in [-0.2, 0) is 6.54 Å². The summed E-state index contributed by atoms with van der Waals surface area (Å²) < 4.78 is 2.07. The van der Waals surface area contributed by atoms with Crippen molar-refractivity contribution in [2.24, 2.45) is 0 Å². The number of fused-ring (bicyclic) bond motifs is 1. The minimum atomic E-state index is -0.581. The predicted molar refractivity (Wildman–Crippen MR) is 83.5 cm³/mol. The van der Waals surface area contributed by atoms with E-state index in [0.717, 1.165) is 10.9 Å². The number of rotatable bonds is 5. The fraction of sp³-hybridized carbons (Fsp3) is 0.143. The lowest BCUT2D eigenvalue weighted by molar-refractivity contribution is -0.383. The molecule has 0 aliphatic heterocycles.